The van der Waals surface area contributed by atoms with Crippen molar-refractivity contribution < 1.29 is 9.84 Å². The fourth-order valence-electron chi connectivity index (χ4n) is 1.68. The van der Waals surface area contributed by atoms with E-state index in [1.807, 2.05) is 0 Å². The first-order chi connectivity index (χ1) is 9.40. The summed E-state index contributed by atoms with van der Waals surface area (Å²) in [6.07, 6.45) is 1.47. The summed E-state index contributed by atoms with van der Waals surface area (Å²) in [5, 5.41) is 14.3. The molecule has 5 heteroatoms. The SMILES string of the molecule is CCC(C)(CC)NCC(O)COc1ccc(Cl)c(Cl)c1. The summed E-state index contributed by atoms with van der Waals surface area (Å²) in [6, 6.07) is 5.05. The zero-order chi connectivity index (χ0) is 15.2. The number of aliphatic hydroxyl groups is 1. The number of aliphatic hydroxyl groups excluding tert-OH is 1. The molecule has 1 aromatic carbocycles. The molecule has 0 radical (unpaired) electrons. The predicted molar refractivity (Wildman–Crippen MR) is 85.0 cm³/mol. The van der Waals surface area contributed by atoms with Gasteiger partial charge < -0.3 is 15.2 Å². The molecule has 0 aliphatic heterocycles. The number of ether oxygens (including phenoxy) is 1. The van der Waals surface area contributed by atoms with Gasteiger partial charge in [-0.1, -0.05) is 37.0 Å². The minimum Gasteiger partial charge on any atom is -0.491 e. The monoisotopic (exact) mass is 319 g/mol. The molecule has 1 atom stereocenters. The van der Waals surface area contributed by atoms with E-state index < -0.39 is 6.10 Å². The Morgan fingerprint density at radius 1 is 1.25 bits per heavy atom. The van der Waals surface area contributed by atoms with E-state index in [1.165, 1.54) is 0 Å². The number of benzene rings is 1. The van der Waals surface area contributed by atoms with Crippen molar-refractivity contribution in [1.29, 1.82) is 0 Å². The number of nitrogens with one attached hydrogen (secondary N) is 1. The Hall–Kier alpha value is -0.480. The third-order valence-corrected chi connectivity index (χ3v) is 4.40. The van der Waals surface area contributed by atoms with Gasteiger partial charge in [-0.05, 0) is 31.9 Å². The second-order valence-corrected chi connectivity index (χ2v) is 6.00. The summed E-state index contributed by atoms with van der Waals surface area (Å²) in [6.45, 7) is 7.14. The number of halogens is 2. The van der Waals surface area contributed by atoms with Gasteiger partial charge in [0.25, 0.3) is 0 Å². The highest BCUT2D eigenvalue weighted by Gasteiger charge is 2.19. The van der Waals surface area contributed by atoms with Crippen LogP contribution in [0.3, 0.4) is 0 Å². The van der Waals surface area contributed by atoms with Crippen LogP contribution in [0.1, 0.15) is 33.6 Å². The Morgan fingerprint density at radius 2 is 1.90 bits per heavy atom. The molecule has 0 aliphatic rings. The van der Waals surface area contributed by atoms with Crippen molar-refractivity contribution in [2.45, 2.75) is 45.3 Å². The Labute approximate surface area is 131 Å². The van der Waals surface area contributed by atoms with Gasteiger partial charge in [0.05, 0.1) is 10.0 Å². The van der Waals surface area contributed by atoms with E-state index in [-0.39, 0.29) is 12.1 Å². The third-order valence-electron chi connectivity index (χ3n) is 3.66. The highest BCUT2D eigenvalue weighted by Crippen LogP contribution is 2.26. The van der Waals surface area contributed by atoms with E-state index in [9.17, 15) is 5.11 Å². The van der Waals surface area contributed by atoms with E-state index in [2.05, 4.69) is 26.1 Å². The summed E-state index contributed by atoms with van der Waals surface area (Å²) >= 11 is 11.7. The maximum absolute atomic E-state index is 9.94. The van der Waals surface area contributed by atoms with Gasteiger partial charge in [-0.15, -0.1) is 0 Å². The van der Waals surface area contributed by atoms with Crippen molar-refractivity contribution in [2.75, 3.05) is 13.2 Å². The zero-order valence-corrected chi connectivity index (χ0v) is 13.8. The van der Waals surface area contributed by atoms with Crippen LogP contribution in [-0.4, -0.2) is 29.9 Å². The van der Waals surface area contributed by atoms with Crippen LogP contribution in [0.15, 0.2) is 18.2 Å². The lowest BCUT2D eigenvalue weighted by Crippen LogP contribution is -2.46. The smallest absolute Gasteiger partial charge is 0.121 e. The van der Waals surface area contributed by atoms with Crippen LogP contribution in [0.2, 0.25) is 10.0 Å². The van der Waals surface area contributed by atoms with Gasteiger partial charge in [-0.3, -0.25) is 0 Å². The molecule has 0 saturated heterocycles. The zero-order valence-electron chi connectivity index (χ0n) is 12.2. The normalized spacial score (nSPS) is 13.3. The standard InChI is InChI=1S/C15H23Cl2NO2/c1-4-15(3,5-2)18-9-11(19)10-20-12-6-7-13(16)14(17)8-12/h6-8,11,18-19H,4-5,9-10H2,1-3H3. The van der Waals surface area contributed by atoms with Gasteiger partial charge in [0.15, 0.2) is 0 Å². The lowest BCUT2D eigenvalue weighted by molar-refractivity contribution is 0.0966. The van der Waals surface area contributed by atoms with Crippen molar-refractivity contribution in [1.82, 2.24) is 5.32 Å². The first kappa shape index (κ1) is 17.6. The van der Waals surface area contributed by atoms with Crippen molar-refractivity contribution in [2.24, 2.45) is 0 Å². The Bertz CT molecular complexity index is 422. The average molecular weight is 320 g/mol. The van der Waals surface area contributed by atoms with Gasteiger partial charge in [0.1, 0.15) is 18.5 Å². The predicted octanol–water partition coefficient (Wildman–Crippen LogP) is 3.90. The van der Waals surface area contributed by atoms with Crippen molar-refractivity contribution >= 4 is 23.2 Å². The van der Waals surface area contributed by atoms with E-state index in [0.717, 1.165) is 12.8 Å². The van der Waals surface area contributed by atoms with E-state index >= 15 is 0 Å². The molecule has 0 aromatic heterocycles. The molecule has 3 nitrogen and oxygen atoms in total. The van der Waals surface area contributed by atoms with Crippen molar-refractivity contribution in [3.63, 3.8) is 0 Å². The lowest BCUT2D eigenvalue weighted by Gasteiger charge is -2.29. The third kappa shape index (κ3) is 5.49. The number of hydrogen-bond donors (Lipinski definition) is 2. The molecule has 0 heterocycles. The molecular formula is C15H23Cl2NO2. The maximum Gasteiger partial charge on any atom is 0.121 e. The van der Waals surface area contributed by atoms with Gasteiger partial charge in [0, 0.05) is 18.2 Å². The Balaban J connectivity index is 2.39. The van der Waals surface area contributed by atoms with Crippen LogP contribution in [0.4, 0.5) is 0 Å². The molecule has 2 N–H and O–H groups in total. The molecule has 0 spiro atoms. The molecule has 1 unspecified atom stereocenters. The van der Waals surface area contributed by atoms with Gasteiger partial charge >= 0.3 is 0 Å². The van der Waals surface area contributed by atoms with E-state index in [4.69, 9.17) is 27.9 Å². The van der Waals surface area contributed by atoms with Crippen molar-refractivity contribution in [3.05, 3.63) is 28.2 Å². The molecule has 1 aromatic rings. The summed E-state index contributed by atoms with van der Waals surface area (Å²) in [4.78, 5) is 0. The first-order valence-corrected chi connectivity index (χ1v) is 7.66. The van der Waals surface area contributed by atoms with E-state index in [0.29, 0.717) is 22.3 Å². The van der Waals surface area contributed by atoms with Crippen LogP contribution in [0.5, 0.6) is 5.75 Å². The Morgan fingerprint density at radius 3 is 2.45 bits per heavy atom. The second kappa shape index (κ2) is 8.08. The minimum atomic E-state index is -0.568. The summed E-state index contributed by atoms with van der Waals surface area (Å²) < 4.78 is 5.50. The van der Waals surface area contributed by atoms with E-state index in [1.54, 1.807) is 18.2 Å². The van der Waals surface area contributed by atoms with Crippen LogP contribution < -0.4 is 10.1 Å². The molecule has 0 amide bonds. The van der Waals surface area contributed by atoms with Gasteiger partial charge in [-0.25, -0.2) is 0 Å². The highest BCUT2D eigenvalue weighted by atomic mass is 35.5. The summed E-state index contributed by atoms with van der Waals surface area (Å²) in [5.74, 6) is 0.604. The lowest BCUT2D eigenvalue weighted by atomic mass is 9.95. The van der Waals surface area contributed by atoms with Gasteiger partial charge in [0.2, 0.25) is 0 Å². The van der Waals surface area contributed by atoms with Gasteiger partial charge in [-0.2, -0.15) is 0 Å². The highest BCUT2D eigenvalue weighted by molar-refractivity contribution is 6.42. The molecule has 0 bridgehead atoms. The quantitative estimate of drug-likeness (QED) is 0.763. The maximum atomic E-state index is 9.94. The molecule has 0 fully saturated rings. The topological polar surface area (TPSA) is 41.5 Å². The number of hydrogen-bond acceptors (Lipinski definition) is 3. The Kier molecular flexibility index (Phi) is 7.10. The first-order valence-electron chi connectivity index (χ1n) is 6.91. The summed E-state index contributed by atoms with van der Waals surface area (Å²) in [7, 11) is 0. The fourth-order valence-corrected chi connectivity index (χ4v) is 1.97. The van der Waals surface area contributed by atoms with Crippen LogP contribution in [0.25, 0.3) is 0 Å². The van der Waals surface area contributed by atoms with Crippen LogP contribution in [0, 0.1) is 0 Å². The fraction of sp³-hybridized carbons (Fsp3) is 0.600. The molecule has 114 valence electrons. The van der Waals surface area contributed by atoms with Crippen LogP contribution in [-0.2, 0) is 0 Å². The second-order valence-electron chi connectivity index (χ2n) is 5.19. The molecular weight excluding hydrogens is 297 g/mol. The number of rotatable bonds is 8. The van der Waals surface area contributed by atoms with Crippen molar-refractivity contribution in [3.8, 4) is 5.75 Å². The summed E-state index contributed by atoms with van der Waals surface area (Å²) in [5.41, 5.74) is 0.0601. The van der Waals surface area contributed by atoms with Crippen LogP contribution >= 0.6 is 23.2 Å². The largest absolute Gasteiger partial charge is 0.491 e. The number of β-amino-alcohol motifs (C(OH)–C–C–N with tert-alkyl or cyclic N) is 1. The minimum absolute atomic E-state index is 0.0601. The molecule has 0 aliphatic carbocycles. The molecule has 1 rings (SSSR count). The average Bonchev–Trinajstić information content (AvgIpc) is 2.46. The molecule has 0 saturated carbocycles. The molecule has 20 heavy (non-hydrogen) atoms.